The van der Waals surface area contributed by atoms with Gasteiger partial charge in [-0.05, 0) is 24.5 Å². The molecule has 17 heavy (non-hydrogen) atoms. The van der Waals surface area contributed by atoms with E-state index in [2.05, 4.69) is 17.6 Å². The summed E-state index contributed by atoms with van der Waals surface area (Å²) in [4.78, 5) is 24.4. The van der Waals surface area contributed by atoms with Gasteiger partial charge in [-0.15, -0.1) is 0 Å². The van der Waals surface area contributed by atoms with Crippen LogP contribution in [0.25, 0.3) is 0 Å². The number of thiol groups is 1. The van der Waals surface area contributed by atoms with E-state index in [1.807, 2.05) is 6.92 Å². The molecule has 0 amide bonds. The number of aryl methyl sites for hydroxylation is 1. The van der Waals surface area contributed by atoms with Crippen LogP contribution in [0.4, 0.5) is 0 Å². The predicted octanol–water partition coefficient (Wildman–Crippen LogP) is 1.40. The van der Waals surface area contributed by atoms with Gasteiger partial charge in [0.15, 0.2) is 0 Å². The van der Waals surface area contributed by atoms with Crippen molar-refractivity contribution in [2.45, 2.75) is 31.9 Å². The Bertz CT molecular complexity index is 439. The number of carbonyl (C=O) groups is 2. The number of H-pyrrole nitrogens is 1. The summed E-state index contributed by atoms with van der Waals surface area (Å²) in [5, 5.41) is 17.5. The molecule has 0 atom stereocenters. The van der Waals surface area contributed by atoms with Gasteiger partial charge < -0.3 is 15.2 Å². The van der Waals surface area contributed by atoms with Crippen molar-refractivity contribution in [2.24, 2.45) is 0 Å². The number of aliphatic carboxylic acids is 2. The van der Waals surface area contributed by atoms with Crippen molar-refractivity contribution < 1.29 is 19.8 Å². The zero-order valence-corrected chi connectivity index (χ0v) is 10.4. The summed E-state index contributed by atoms with van der Waals surface area (Å²) in [6.07, 6.45) is 0.237. The van der Waals surface area contributed by atoms with Crippen LogP contribution in [0.1, 0.15) is 28.9 Å². The molecule has 0 bridgehead atoms. The molecule has 1 rings (SSSR count). The third-order valence-corrected chi connectivity index (χ3v) is 2.91. The molecule has 0 aliphatic rings. The molecule has 0 unspecified atom stereocenters. The number of carboxylic acid groups (broad SMARTS) is 2. The summed E-state index contributed by atoms with van der Waals surface area (Å²) < 4.78 is 0. The maximum absolute atomic E-state index is 10.8. The highest BCUT2D eigenvalue weighted by molar-refractivity contribution is 7.79. The topological polar surface area (TPSA) is 90.4 Å². The molecule has 0 radical (unpaired) electrons. The van der Waals surface area contributed by atoms with Crippen molar-refractivity contribution in [1.82, 2.24) is 4.98 Å². The Labute approximate surface area is 104 Å². The highest BCUT2D eigenvalue weighted by Gasteiger charge is 2.17. The van der Waals surface area contributed by atoms with E-state index in [0.717, 1.165) is 17.0 Å². The first kappa shape index (κ1) is 13.6. The molecule has 0 aliphatic heterocycles. The Kier molecular flexibility index (Phi) is 4.62. The first-order valence-corrected chi connectivity index (χ1v) is 5.82. The molecule has 1 aromatic heterocycles. The predicted molar refractivity (Wildman–Crippen MR) is 65.5 cm³/mol. The third kappa shape index (κ3) is 3.52. The lowest BCUT2D eigenvalue weighted by Gasteiger charge is -2.03. The van der Waals surface area contributed by atoms with E-state index in [-0.39, 0.29) is 12.8 Å². The van der Waals surface area contributed by atoms with E-state index < -0.39 is 11.9 Å². The molecule has 0 fully saturated rings. The zero-order chi connectivity index (χ0) is 13.0. The summed E-state index contributed by atoms with van der Waals surface area (Å²) in [6.45, 7) is 1.81. The van der Waals surface area contributed by atoms with Gasteiger partial charge in [0.05, 0.1) is 6.42 Å². The molecule has 1 heterocycles. The highest BCUT2D eigenvalue weighted by Crippen LogP contribution is 2.22. The molecular weight excluding hydrogens is 242 g/mol. The Morgan fingerprint density at radius 2 is 1.88 bits per heavy atom. The Balaban J connectivity index is 3.03. The van der Waals surface area contributed by atoms with Gasteiger partial charge >= 0.3 is 11.9 Å². The minimum Gasteiger partial charge on any atom is -0.481 e. The molecule has 3 N–H and O–H groups in total. The van der Waals surface area contributed by atoms with Crippen LogP contribution in [0.2, 0.25) is 0 Å². The van der Waals surface area contributed by atoms with Crippen LogP contribution in [-0.4, -0.2) is 27.1 Å². The maximum atomic E-state index is 10.8. The molecule has 0 saturated heterocycles. The van der Waals surface area contributed by atoms with Crippen molar-refractivity contribution >= 4 is 24.6 Å². The quantitative estimate of drug-likeness (QED) is 0.580. The second-order valence-electron chi connectivity index (χ2n) is 3.81. The second-order valence-corrected chi connectivity index (χ2v) is 4.12. The molecule has 6 heteroatoms. The first-order chi connectivity index (χ1) is 7.95. The Morgan fingerprint density at radius 1 is 1.24 bits per heavy atom. The molecular formula is C11H15NO4S. The number of aromatic amines is 1. The summed E-state index contributed by atoms with van der Waals surface area (Å²) >= 11 is 4.13. The first-order valence-electron chi connectivity index (χ1n) is 5.19. The van der Waals surface area contributed by atoms with Crippen LogP contribution in [-0.2, 0) is 28.2 Å². The number of rotatable bonds is 6. The third-order valence-electron chi connectivity index (χ3n) is 2.59. The fourth-order valence-corrected chi connectivity index (χ4v) is 2.13. The molecule has 94 valence electrons. The van der Waals surface area contributed by atoms with Crippen molar-refractivity contribution in [3.8, 4) is 0 Å². The Morgan fingerprint density at radius 3 is 2.35 bits per heavy atom. The summed E-state index contributed by atoms with van der Waals surface area (Å²) in [6, 6.07) is 0. The van der Waals surface area contributed by atoms with Gasteiger partial charge in [0, 0.05) is 23.6 Å². The van der Waals surface area contributed by atoms with E-state index in [9.17, 15) is 9.59 Å². The van der Waals surface area contributed by atoms with Crippen LogP contribution in [0.15, 0.2) is 0 Å². The van der Waals surface area contributed by atoms with Crippen molar-refractivity contribution in [2.75, 3.05) is 0 Å². The van der Waals surface area contributed by atoms with Crippen molar-refractivity contribution in [3.05, 3.63) is 22.5 Å². The van der Waals surface area contributed by atoms with Crippen LogP contribution >= 0.6 is 12.6 Å². The average Bonchev–Trinajstić information content (AvgIpc) is 2.51. The van der Waals surface area contributed by atoms with Gasteiger partial charge in [0.1, 0.15) is 0 Å². The number of nitrogens with one attached hydrogen (secondary N) is 1. The van der Waals surface area contributed by atoms with E-state index in [0.29, 0.717) is 17.7 Å². The van der Waals surface area contributed by atoms with E-state index >= 15 is 0 Å². The van der Waals surface area contributed by atoms with E-state index in [1.165, 1.54) is 0 Å². The van der Waals surface area contributed by atoms with Crippen LogP contribution in [0, 0.1) is 6.92 Å². The molecule has 0 spiro atoms. The Hall–Kier alpha value is -1.43. The zero-order valence-electron chi connectivity index (χ0n) is 9.49. The minimum atomic E-state index is -0.927. The van der Waals surface area contributed by atoms with Crippen molar-refractivity contribution in [3.63, 3.8) is 0 Å². The largest absolute Gasteiger partial charge is 0.481 e. The lowest BCUT2D eigenvalue weighted by molar-refractivity contribution is -0.137. The average molecular weight is 257 g/mol. The smallest absolute Gasteiger partial charge is 0.307 e. The summed E-state index contributed by atoms with van der Waals surface area (Å²) in [5.41, 5.74) is 3.05. The van der Waals surface area contributed by atoms with Crippen LogP contribution in [0.3, 0.4) is 0 Å². The SMILES string of the molecule is Cc1[nH]c(CS)c(CC(=O)O)c1CCC(=O)O. The van der Waals surface area contributed by atoms with Gasteiger partial charge in [-0.2, -0.15) is 12.6 Å². The lowest BCUT2D eigenvalue weighted by Crippen LogP contribution is -2.06. The number of carboxylic acids is 2. The maximum Gasteiger partial charge on any atom is 0.307 e. The standard InChI is InChI=1S/C11H15NO4S/c1-6-7(2-3-10(13)14)8(4-11(15)16)9(5-17)12-6/h12,17H,2-5H2,1H3,(H,13,14)(H,15,16). The highest BCUT2D eigenvalue weighted by atomic mass is 32.1. The minimum absolute atomic E-state index is 0.00265. The summed E-state index contributed by atoms with van der Waals surface area (Å²) in [7, 11) is 0. The molecule has 1 aromatic rings. The fourth-order valence-electron chi connectivity index (χ4n) is 1.86. The summed E-state index contributed by atoms with van der Waals surface area (Å²) in [5.74, 6) is -1.40. The normalized spacial score (nSPS) is 10.5. The van der Waals surface area contributed by atoms with E-state index in [4.69, 9.17) is 10.2 Å². The lowest BCUT2D eigenvalue weighted by atomic mass is 10.0. The molecule has 0 aromatic carbocycles. The second kappa shape index (κ2) is 5.77. The van der Waals surface area contributed by atoms with Gasteiger partial charge in [-0.25, -0.2) is 0 Å². The van der Waals surface area contributed by atoms with Gasteiger partial charge in [0.25, 0.3) is 0 Å². The van der Waals surface area contributed by atoms with Gasteiger partial charge in [-0.1, -0.05) is 0 Å². The molecule has 0 saturated carbocycles. The number of hydrogen-bond acceptors (Lipinski definition) is 3. The van der Waals surface area contributed by atoms with Gasteiger partial charge in [-0.3, -0.25) is 9.59 Å². The molecule has 0 aliphatic carbocycles. The fraction of sp³-hybridized carbons (Fsp3) is 0.455. The van der Waals surface area contributed by atoms with Gasteiger partial charge in [0.2, 0.25) is 0 Å². The number of aromatic nitrogens is 1. The van der Waals surface area contributed by atoms with Crippen LogP contribution < -0.4 is 0 Å². The number of hydrogen-bond donors (Lipinski definition) is 4. The van der Waals surface area contributed by atoms with Crippen LogP contribution in [0.5, 0.6) is 0 Å². The monoisotopic (exact) mass is 257 g/mol. The molecule has 5 nitrogen and oxygen atoms in total. The van der Waals surface area contributed by atoms with Crippen molar-refractivity contribution in [1.29, 1.82) is 0 Å². The van der Waals surface area contributed by atoms with E-state index in [1.54, 1.807) is 0 Å².